The Kier molecular flexibility index (Phi) is 6.98. The highest BCUT2D eigenvalue weighted by Gasteiger charge is 2.50. The van der Waals surface area contributed by atoms with Crippen LogP contribution in [0, 0.1) is 6.92 Å². The predicted octanol–water partition coefficient (Wildman–Crippen LogP) is 14.2. The predicted molar refractivity (Wildman–Crippen MR) is 327 cm³/mol. The van der Waals surface area contributed by atoms with Gasteiger partial charge in [-0.15, -0.1) is 0 Å². The molecule has 6 heteroatoms. The zero-order valence-corrected chi connectivity index (χ0v) is 44.0. The lowest BCUT2D eigenvalue weighted by Crippen LogP contribution is -2.56. The van der Waals surface area contributed by atoms with Gasteiger partial charge in [-0.05, 0) is 110 Å². The largest absolute Gasteiger partial charge is 0.378 e. The molecule has 0 atom stereocenters. The van der Waals surface area contributed by atoms with Crippen LogP contribution in [-0.2, 0) is 17.3 Å². The minimum Gasteiger partial charge on any atom is -0.378 e. The molecule has 4 aromatic heterocycles. The molecule has 0 radical (unpaired) electrons. The van der Waals surface area contributed by atoms with Crippen molar-refractivity contribution >= 4 is 101 Å². The second kappa shape index (κ2) is 13.2. The lowest BCUT2D eigenvalue weighted by Gasteiger charge is -2.37. The van der Waals surface area contributed by atoms with Crippen LogP contribution < -0.4 is 21.9 Å². The van der Waals surface area contributed by atoms with Crippen LogP contribution in [-0.4, -0.2) is 31.8 Å². The van der Waals surface area contributed by atoms with Crippen LogP contribution in [0.2, 0.25) is 0 Å². The number of benzene rings is 10. The number of hydrogen-bond acceptors (Lipinski definition) is 0. The molecule has 0 unspecified atom stereocenters. The van der Waals surface area contributed by atoms with Crippen LogP contribution in [0.25, 0.3) is 121 Å². The van der Waals surface area contributed by atoms with E-state index in [0.29, 0.717) is 0 Å². The molecule has 362 valence electrons. The summed E-state index contributed by atoms with van der Waals surface area (Å²) in [5.41, 5.74) is 36.4. The molecule has 0 fully saturated rings. The zero-order valence-electron chi connectivity index (χ0n) is 44.0. The third-order valence-electron chi connectivity index (χ3n) is 20.2. The second-order valence-corrected chi connectivity index (χ2v) is 24.8. The van der Waals surface area contributed by atoms with E-state index in [-0.39, 0.29) is 24.5 Å². The highest BCUT2D eigenvalue weighted by Crippen LogP contribution is 2.58. The van der Waals surface area contributed by atoms with Crippen molar-refractivity contribution in [3.8, 4) is 56.0 Å². The highest BCUT2D eigenvalue weighted by molar-refractivity contribution is 6.90. The van der Waals surface area contributed by atoms with E-state index in [9.17, 15) is 0 Å². The molecule has 0 spiro atoms. The van der Waals surface area contributed by atoms with Gasteiger partial charge in [0.2, 0.25) is 0 Å². The summed E-state index contributed by atoms with van der Waals surface area (Å²) in [5.74, 6) is 0. The normalized spacial score (nSPS) is 15.4. The molecule has 0 bridgehead atoms. The Morgan fingerprint density at radius 2 is 0.962 bits per heavy atom. The summed E-state index contributed by atoms with van der Waals surface area (Å²) in [6, 6.07) is 73.3. The van der Waals surface area contributed by atoms with E-state index in [2.05, 4.69) is 241 Å². The number of aryl methyl sites for hydroxylation is 1. The average molecular weight is 991 g/mol. The number of hydrogen-bond donors (Lipinski definition) is 0. The number of nitrogens with zero attached hydrogens (tertiary/aromatic N) is 4. The van der Waals surface area contributed by atoms with Crippen molar-refractivity contribution in [2.45, 2.75) is 51.9 Å². The van der Waals surface area contributed by atoms with Gasteiger partial charge >= 0.3 is 13.7 Å². The third kappa shape index (κ3) is 4.42. The van der Waals surface area contributed by atoms with Gasteiger partial charge in [0, 0.05) is 99.2 Å². The van der Waals surface area contributed by atoms with Crippen LogP contribution in [0.3, 0.4) is 0 Å². The number of aromatic nitrogens is 4. The average Bonchev–Trinajstić information content (AvgIpc) is 4.32. The maximum atomic E-state index is 2.80. The monoisotopic (exact) mass is 990 g/mol. The van der Waals surface area contributed by atoms with Crippen molar-refractivity contribution in [1.82, 2.24) is 18.1 Å². The fourth-order valence-corrected chi connectivity index (χ4v) is 17.5. The summed E-state index contributed by atoms with van der Waals surface area (Å²) in [6.07, 6.45) is 0.826. The van der Waals surface area contributed by atoms with Crippen molar-refractivity contribution < 1.29 is 0 Å². The quantitative estimate of drug-likeness (QED) is 0.154. The molecule has 78 heavy (non-hydrogen) atoms. The number of fused-ring (bicyclic) bond motifs is 24. The van der Waals surface area contributed by atoms with E-state index in [1.54, 1.807) is 0 Å². The molecule has 10 aromatic carbocycles. The van der Waals surface area contributed by atoms with Crippen molar-refractivity contribution in [3.63, 3.8) is 0 Å². The summed E-state index contributed by atoms with van der Waals surface area (Å²) in [5, 5.41) is 8.02. The summed E-state index contributed by atoms with van der Waals surface area (Å²) in [4.78, 5) is 0. The smallest absolute Gasteiger partial charge is 0.333 e. The second-order valence-electron chi connectivity index (χ2n) is 24.8. The van der Waals surface area contributed by atoms with Gasteiger partial charge in [-0.3, -0.25) is 0 Å². The first-order chi connectivity index (χ1) is 38.2. The highest BCUT2D eigenvalue weighted by atomic mass is 15.0. The molecule has 4 aliphatic heterocycles. The fourth-order valence-electron chi connectivity index (χ4n) is 17.5. The van der Waals surface area contributed by atoms with Crippen molar-refractivity contribution in [2.24, 2.45) is 0 Å². The SMILES string of the molecule is Cc1cc2c3c(c1)-n1c4ccccc4c4cccc(c41)B3n1c3c(c4cccc-2c41)C(C)(C)c1cc(Cc2cc4c5c(c2)-n2c6ccccc6c6cccc(c62)B5n2c5c(c6cccc-4c62)-c2ccccc2C5(C)C)ccc1-3. The summed E-state index contributed by atoms with van der Waals surface area (Å²) in [7, 11) is 0. The molecule has 2 aliphatic carbocycles. The first-order valence-corrected chi connectivity index (χ1v) is 28.1. The minimum absolute atomic E-state index is 0.0262. The summed E-state index contributed by atoms with van der Waals surface area (Å²) in [6.45, 7) is 12.2. The Bertz CT molecular complexity index is 5280. The van der Waals surface area contributed by atoms with Gasteiger partial charge in [0.15, 0.2) is 0 Å². The van der Waals surface area contributed by atoms with Gasteiger partial charge in [-0.1, -0.05) is 191 Å². The van der Waals surface area contributed by atoms with Gasteiger partial charge in [0.1, 0.15) is 0 Å². The van der Waals surface area contributed by atoms with E-state index in [4.69, 9.17) is 0 Å². The number of rotatable bonds is 2. The molecule has 6 aliphatic rings. The van der Waals surface area contributed by atoms with E-state index in [1.165, 1.54) is 182 Å². The van der Waals surface area contributed by atoms with E-state index in [0.717, 1.165) is 6.42 Å². The van der Waals surface area contributed by atoms with Crippen LogP contribution in [0.15, 0.2) is 188 Å². The molecule has 14 aromatic rings. The molecule has 0 amide bonds. The van der Waals surface area contributed by atoms with Crippen LogP contribution in [0.1, 0.15) is 66.8 Å². The van der Waals surface area contributed by atoms with E-state index < -0.39 is 0 Å². The molecule has 8 heterocycles. The summed E-state index contributed by atoms with van der Waals surface area (Å²) < 4.78 is 10.8. The molecule has 20 rings (SSSR count). The van der Waals surface area contributed by atoms with E-state index >= 15 is 0 Å². The third-order valence-corrected chi connectivity index (χ3v) is 20.2. The molecule has 0 N–H and O–H groups in total. The van der Waals surface area contributed by atoms with Crippen LogP contribution in [0.5, 0.6) is 0 Å². The van der Waals surface area contributed by atoms with Crippen LogP contribution in [0.4, 0.5) is 0 Å². The molecule has 4 nitrogen and oxygen atoms in total. The number of para-hydroxylation sites is 6. The van der Waals surface area contributed by atoms with Gasteiger partial charge in [0.25, 0.3) is 0 Å². The Morgan fingerprint density at radius 1 is 0.397 bits per heavy atom. The lowest BCUT2D eigenvalue weighted by molar-refractivity contribution is 0.632. The summed E-state index contributed by atoms with van der Waals surface area (Å²) >= 11 is 0. The van der Waals surface area contributed by atoms with Crippen molar-refractivity contribution in [3.05, 3.63) is 227 Å². The topological polar surface area (TPSA) is 19.7 Å². The Balaban J connectivity index is 0.808. The van der Waals surface area contributed by atoms with Gasteiger partial charge in [-0.2, -0.15) is 0 Å². The maximum absolute atomic E-state index is 2.80. The van der Waals surface area contributed by atoms with Crippen molar-refractivity contribution in [2.75, 3.05) is 0 Å². The van der Waals surface area contributed by atoms with E-state index in [1.807, 2.05) is 0 Å². The van der Waals surface area contributed by atoms with Gasteiger partial charge in [-0.25, -0.2) is 0 Å². The van der Waals surface area contributed by atoms with Crippen molar-refractivity contribution in [1.29, 1.82) is 0 Å². The fraction of sp³-hybridized carbons (Fsp3) is 0.111. The first kappa shape index (κ1) is 41.2. The zero-order chi connectivity index (χ0) is 51.1. The van der Waals surface area contributed by atoms with Crippen LogP contribution >= 0.6 is 0 Å². The molecular weight excluding hydrogens is 942 g/mol. The standard InChI is InChI=1S/C72H48B2N4/c1-38-32-51-45-20-13-24-50-62-69(77(66(45)50)73-55-26-14-21-43-41-16-7-10-28-57(41)75(67(43)55)59(33-38)63(51)73)48-31-30-39(36-54(48)71(62,2)3)34-40-35-52-46-19-12-23-49-61-47-18-6-9-25-53(47)72(4,5)70(61)78(65(46)49)74-56-27-15-22-44-42-17-8-11-29-58(42)76(68(44)56)60(37-40)64(52)74/h6-33,35-37H,34H2,1-5H3. The minimum atomic E-state index is -0.240. The lowest BCUT2D eigenvalue weighted by atomic mass is 9.45. The Morgan fingerprint density at radius 3 is 1.68 bits per heavy atom. The van der Waals surface area contributed by atoms with Gasteiger partial charge < -0.3 is 18.1 Å². The Hall–Kier alpha value is -8.99. The van der Waals surface area contributed by atoms with Gasteiger partial charge in [0.05, 0.1) is 22.1 Å². The molecule has 0 saturated heterocycles. The Labute approximate surface area is 451 Å². The first-order valence-electron chi connectivity index (χ1n) is 28.1. The maximum Gasteiger partial charge on any atom is 0.333 e. The molecular formula is C72H48B2N4. The molecule has 0 saturated carbocycles.